The van der Waals surface area contributed by atoms with Crippen molar-refractivity contribution in [1.29, 1.82) is 0 Å². The van der Waals surface area contributed by atoms with E-state index in [-0.39, 0.29) is 0 Å². The molecule has 1 atom stereocenters. The van der Waals surface area contributed by atoms with Crippen LogP contribution in [0.3, 0.4) is 0 Å². The summed E-state index contributed by atoms with van der Waals surface area (Å²) in [5, 5.41) is 0. The first-order chi connectivity index (χ1) is 4.19. The van der Waals surface area contributed by atoms with Gasteiger partial charge in [0.05, 0.1) is 0 Å². The quantitative estimate of drug-likeness (QED) is 0.545. The summed E-state index contributed by atoms with van der Waals surface area (Å²) in [4.78, 5) is 0. The highest BCUT2D eigenvalue weighted by atomic mass is 19.3. The summed E-state index contributed by atoms with van der Waals surface area (Å²) in [6, 6.07) is 0. The van der Waals surface area contributed by atoms with E-state index in [1.807, 2.05) is 6.92 Å². The van der Waals surface area contributed by atoms with E-state index < -0.39 is 18.0 Å². The Bertz CT molecular complexity index is 112. The van der Waals surface area contributed by atoms with Crippen LogP contribution in [-0.2, 0) is 0 Å². The molecule has 0 aliphatic carbocycles. The molecule has 0 aromatic heterocycles. The Morgan fingerprint density at radius 2 is 1.50 bits per heavy atom. The summed E-state index contributed by atoms with van der Waals surface area (Å²) in [6.07, 6.45) is -2.89. The molecule has 1 radical (unpaired) electrons. The van der Waals surface area contributed by atoms with E-state index in [2.05, 4.69) is 0 Å². The van der Waals surface area contributed by atoms with Crippen molar-refractivity contribution >= 4 is 0 Å². The van der Waals surface area contributed by atoms with Crippen LogP contribution in [0.1, 0.15) is 6.92 Å². The van der Waals surface area contributed by atoms with Crippen molar-refractivity contribution in [3.63, 3.8) is 0 Å². The summed E-state index contributed by atoms with van der Waals surface area (Å²) in [5.74, 6) is -9.21. The molecular weight excluding hydrogens is 155 g/mol. The third kappa shape index (κ3) is 1.58. The van der Waals surface area contributed by atoms with Crippen molar-refractivity contribution in [2.24, 2.45) is 0 Å². The maximum atomic E-state index is 11.9. The lowest BCUT2D eigenvalue weighted by Crippen LogP contribution is -2.44. The fourth-order valence-electron chi connectivity index (χ4n) is 0.291. The third-order valence-electron chi connectivity index (χ3n) is 0.987. The molecule has 0 heterocycles. The van der Waals surface area contributed by atoms with Crippen molar-refractivity contribution < 1.29 is 22.0 Å². The predicted octanol–water partition coefficient (Wildman–Crippen LogP) is 2.45. The fraction of sp³-hybridized carbons (Fsp3) is 0.800. The number of rotatable bonds is 2. The molecule has 0 saturated carbocycles. The lowest BCUT2D eigenvalue weighted by atomic mass is 10.1. The second kappa shape index (κ2) is 2.36. The second-order valence-electron chi connectivity index (χ2n) is 1.94. The van der Waals surface area contributed by atoms with E-state index in [0.717, 1.165) is 0 Å². The van der Waals surface area contributed by atoms with Crippen molar-refractivity contribution in [1.82, 2.24) is 0 Å². The molecule has 10 heavy (non-hydrogen) atoms. The van der Waals surface area contributed by atoms with Crippen LogP contribution < -0.4 is 0 Å². The minimum Gasteiger partial charge on any atom is -0.241 e. The van der Waals surface area contributed by atoms with E-state index in [4.69, 9.17) is 0 Å². The maximum absolute atomic E-state index is 11.9. The van der Waals surface area contributed by atoms with Gasteiger partial charge in [0.25, 0.3) is 0 Å². The topological polar surface area (TPSA) is 0 Å². The Hall–Kier alpha value is -0.350. The molecule has 0 amide bonds. The second-order valence-corrected chi connectivity index (χ2v) is 1.94. The summed E-state index contributed by atoms with van der Waals surface area (Å²) in [5.41, 5.74) is 0. The van der Waals surface area contributed by atoms with Crippen LogP contribution in [-0.4, -0.2) is 18.0 Å². The zero-order chi connectivity index (χ0) is 8.58. The highest BCUT2D eigenvalue weighted by Crippen LogP contribution is 2.37. The largest absolute Gasteiger partial charge is 0.340 e. The standard InChI is InChI=1S/C5H6F5/c1-3(6)5(9,10)4(2,7)8/h3H,2H2,1H3. The number of alkyl halides is 5. The van der Waals surface area contributed by atoms with Crippen LogP contribution in [0, 0.1) is 6.92 Å². The average Bonchev–Trinajstić information content (AvgIpc) is 1.62. The number of halogens is 5. The van der Waals surface area contributed by atoms with Gasteiger partial charge in [0.15, 0.2) is 6.17 Å². The van der Waals surface area contributed by atoms with Crippen LogP contribution in [0.5, 0.6) is 0 Å². The number of hydrogen-bond donors (Lipinski definition) is 0. The third-order valence-corrected chi connectivity index (χ3v) is 0.987. The molecule has 61 valence electrons. The highest BCUT2D eigenvalue weighted by molar-refractivity contribution is 4.90. The van der Waals surface area contributed by atoms with Gasteiger partial charge in [-0.3, -0.25) is 0 Å². The van der Waals surface area contributed by atoms with Gasteiger partial charge < -0.3 is 0 Å². The summed E-state index contributed by atoms with van der Waals surface area (Å²) >= 11 is 0. The van der Waals surface area contributed by atoms with E-state index in [9.17, 15) is 22.0 Å². The first-order valence-electron chi connectivity index (χ1n) is 2.44. The number of hydrogen-bond acceptors (Lipinski definition) is 0. The molecule has 0 N–H and O–H groups in total. The smallest absolute Gasteiger partial charge is 0.241 e. The molecule has 0 saturated heterocycles. The Balaban J connectivity index is 4.40. The van der Waals surface area contributed by atoms with Gasteiger partial charge in [0, 0.05) is 6.92 Å². The van der Waals surface area contributed by atoms with Crippen LogP contribution in [0.4, 0.5) is 22.0 Å². The van der Waals surface area contributed by atoms with E-state index >= 15 is 0 Å². The predicted molar refractivity (Wildman–Crippen MR) is 25.8 cm³/mol. The van der Waals surface area contributed by atoms with Crippen LogP contribution in [0.2, 0.25) is 0 Å². The van der Waals surface area contributed by atoms with Crippen molar-refractivity contribution in [3.05, 3.63) is 6.92 Å². The molecule has 0 aliphatic heterocycles. The minimum atomic E-state index is -4.67. The Morgan fingerprint density at radius 1 is 1.20 bits per heavy atom. The molecule has 0 bridgehead atoms. The molecule has 0 aromatic carbocycles. The Kier molecular flexibility index (Phi) is 2.28. The van der Waals surface area contributed by atoms with Gasteiger partial charge in [-0.2, -0.15) is 17.6 Å². The van der Waals surface area contributed by atoms with Crippen molar-refractivity contribution in [3.8, 4) is 0 Å². The van der Waals surface area contributed by atoms with Crippen LogP contribution in [0.25, 0.3) is 0 Å². The van der Waals surface area contributed by atoms with Crippen molar-refractivity contribution in [2.75, 3.05) is 0 Å². The SMILES string of the molecule is [CH2]C(F)(F)C(F)(F)C(C)F. The van der Waals surface area contributed by atoms with Gasteiger partial charge in [-0.05, 0) is 6.92 Å². The first kappa shape index (κ1) is 9.65. The minimum absolute atomic E-state index is 0.360. The first-order valence-corrected chi connectivity index (χ1v) is 2.44. The van der Waals surface area contributed by atoms with E-state index in [1.165, 1.54) is 0 Å². The monoisotopic (exact) mass is 161 g/mol. The average molecular weight is 161 g/mol. The van der Waals surface area contributed by atoms with Gasteiger partial charge in [0.1, 0.15) is 0 Å². The highest BCUT2D eigenvalue weighted by Gasteiger charge is 2.56. The molecule has 5 heteroatoms. The molecule has 0 fully saturated rings. The lowest BCUT2D eigenvalue weighted by molar-refractivity contribution is -0.211. The van der Waals surface area contributed by atoms with Gasteiger partial charge >= 0.3 is 11.8 Å². The summed E-state index contributed by atoms with van der Waals surface area (Å²) < 4.78 is 58.7. The fourth-order valence-corrected chi connectivity index (χ4v) is 0.291. The maximum Gasteiger partial charge on any atom is 0.340 e. The van der Waals surface area contributed by atoms with Crippen LogP contribution >= 0.6 is 0 Å². The summed E-state index contributed by atoms with van der Waals surface area (Å²) in [7, 11) is 0. The van der Waals surface area contributed by atoms with Gasteiger partial charge in [-0.1, -0.05) is 0 Å². The molecule has 0 spiro atoms. The van der Waals surface area contributed by atoms with Gasteiger partial charge in [-0.15, -0.1) is 0 Å². The summed E-state index contributed by atoms with van der Waals surface area (Å²) in [6.45, 7) is 2.20. The van der Waals surface area contributed by atoms with Gasteiger partial charge in [-0.25, -0.2) is 4.39 Å². The van der Waals surface area contributed by atoms with E-state index in [1.54, 1.807) is 0 Å². The molecule has 1 unspecified atom stereocenters. The molecule has 0 rings (SSSR count). The van der Waals surface area contributed by atoms with Gasteiger partial charge in [0.2, 0.25) is 0 Å². The Morgan fingerprint density at radius 3 is 1.50 bits per heavy atom. The zero-order valence-electron chi connectivity index (χ0n) is 5.17. The van der Waals surface area contributed by atoms with E-state index in [0.29, 0.717) is 6.92 Å². The normalized spacial score (nSPS) is 17.1. The zero-order valence-corrected chi connectivity index (χ0v) is 5.17. The van der Waals surface area contributed by atoms with Crippen LogP contribution in [0.15, 0.2) is 0 Å². The lowest BCUT2D eigenvalue weighted by Gasteiger charge is -2.23. The molecule has 0 aliphatic rings. The molecule has 0 aromatic rings. The molecule has 0 nitrogen and oxygen atoms in total. The van der Waals surface area contributed by atoms with Crippen molar-refractivity contribution in [2.45, 2.75) is 24.9 Å². The molecular formula is C5H6F5. The Labute approximate surface area is 55.0 Å².